The highest BCUT2D eigenvalue weighted by molar-refractivity contribution is 4.83. The Hall–Kier alpha value is -0.0800. The van der Waals surface area contributed by atoms with Crippen LogP contribution in [0.4, 0.5) is 0 Å². The van der Waals surface area contributed by atoms with Gasteiger partial charge in [-0.1, -0.05) is 27.2 Å². The molecule has 2 heteroatoms. The van der Waals surface area contributed by atoms with Crippen molar-refractivity contribution >= 4 is 0 Å². The van der Waals surface area contributed by atoms with Gasteiger partial charge in [0.15, 0.2) is 0 Å². The summed E-state index contributed by atoms with van der Waals surface area (Å²) in [6.45, 7) is 12.1. The predicted octanol–water partition coefficient (Wildman–Crippen LogP) is 2.74. The maximum absolute atomic E-state index is 3.34. The molecule has 1 fully saturated rings. The van der Waals surface area contributed by atoms with Crippen molar-refractivity contribution in [3.8, 4) is 0 Å². The van der Waals surface area contributed by atoms with E-state index in [4.69, 9.17) is 0 Å². The molecule has 0 aromatic heterocycles. The Morgan fingerprint density at radius 2 is 2.12 bits per heavy atom. The highest BCUT2D eigenvalue weighted by Crippen LogP contribution is 2.27. The molecule has 1 aliphatic heterocycles. The monoisotopic (exact) mass is 226 g/mol. The minimum Gasteiger partial charge on any atom is -0.319 e. The van der Waals surface area contributed by atoms with Crippen molar-refractivity contribution in [1.29, 1.82) is 0 Å². The second-order valence-corrected chi connectivity index (χ2v) is 5.87. The Morgan fingerprint density at radius 3 is 2.69 bits per heavy atom. The van der Waals surface area contributed by atoms with E-state index in [0.717, 1.165) is 12.5 Å². The van der Waals surface area contributed by atoms with Crippen LogP contribution in [-0.4, -0.2) is 38.1 Å². The van der Waals surface area contributed by atoms with Gasteiger partial charge >= 0.3 is 0 Å². The maximum atomic E-state index is 3.34. The lowest BCUT2D eigenvalue weighted by Crippen LogP contribution is -2.40. The third-order valence-corrected chi connectivity index (χ3v) is 4.13. The molecule has 2 nitrogen and oxygen atoms in total. The quantitative estimate of drug-likeness (QED) is 0.718. The van der Waals surface area contributed by atoms with E-state index >= 15 is 0 Å². The standard InChI is InChI=1S/C14H30N2/c1-5-7-13-8-9-16(10-13)12-14(3,6-2)11-15-4/h13,15H,5-12H2,1-4H3. The molecule has 1 N–H and O–H groups in total. The Labute approximate surface area is 102 Å². The van der Waals surface area contributed by atoms with Crippen LogP contribution in [0.1, 0.15) is 46.5 Å². The van der Waals surface area contributed by atoms with Gasteiger partial charge in [0, 0.05) is 19.6 Å². The SMILES string of the molecule is CCCC1CCN(CC(C)(CC)CNC)C1. The Bertz CT molecular complexity index is 193. The molecule has 2 unspecified atom stereocenters. The predicted molar refractivity (Wildman–Crippen MR) is 71.8 cm³/mol. The van der Waals surface area contributed by atoms with E-state index in [2.05, 4.69) is 38.0 Å². The van der Waals surface area contributed by atoms with Gasteiger partial charge in [-0.05, 0) is 44.2 Å². The number of nitrogens with zero attached hydrogens (tertiary/aromatic N) is 1. The van der Waals surface area contributed by atoms with Crippen molar-refractivity contribution < 1.29 is 0 Å². The topological polar surface area (TPSA) is 15.3 Å². The van der Waals surface area contributed by atoms with Crippen molar-refractivity contribution in [2.45, 2.75) is 46.5 Å². The molecule has 96 valence electrons. The van der Waals surface area contributed by atoms with Gasteiger partial charge in [0.2, 0.25) is 0 Å². The zero-order valence-corrected chi connectivity index (χ0v) is 11.7. The summed E-state index contributed by atoms with van der Waals surface area (Å²) >= 11 is 0. The number of nitrogens with one attached hydrogen (secondary N) is 1. The van der Waals surface area contributed by atoms with Crippen LogP contribution in [0, 0.1) is 11.3 Å². The molecule has 0 spiro atoms. The third-order valence-electron chi connectivity index (χ3n) is 4.13. The summed E-state index contributed by atoms with van der Waals surface area (Å²) < 4.78 is 0. The van der Waals surface area contributed by atoms with Gasteiger partial charge in [-0.25, -0.2) is 0 Å². The van der Waals surface area contributed by atoms with E-state index in [1.165, 1.54) is 45.3 Å². The van der Waals surface area contributed by atoms with Crippen molar-refractivity contribution in [2.24, 2.45) is 11.3 Å². The van der Waals surface area contributed by atoms with E-state index in [1.807, 2.05) is 0 Å². The molecule has 0 aliphatic carbocycles. The molecule has 0 aromatic rings. The van der Waals surface area contributed by atoms with E-state index in [1.54, 1.807) is 0 Å². The average Bonchev–Trinajstić information content (AvgIpc) is 2.66. The molecule has 1 saturated heterocycles. The van der Waals surface area contributed by atoms with Crippen LogP contribution in [0.5, 0.6) is 0 Å². The summed E-state index contributed by atoms with van der Waals surface area (Å²) in [6.07, 6.45) is 5.46. The first-order valence-electron chi connectivity index (χ1n) is 7.00. The first-order valence-corrected chi connectivity index (χ1v) is 7.00. The van der Waals surface area contributed by atoms with E-state index in [-0.39, 0.29) is 0 Å². The largest absolute Gasteiger partial charge is 0.319 e. The van der Waals surface area contributed by atoms with Gasteiger partial charge in [-0.2, -0.15) is 0 Å². The summed E-state index contributed by atoms with van der Waals surface area (Å²) in [4.78, 5) is 2.68. The van der Waals surface area contributed by atoms with Crippen LogP contribution in [0.25, 0.3) is 0 Å². The molecule has 16 heavy (non-hydrogen) atoms. The molecule has 0 bridgehead atoms. The molecule has 2 atom stereocenters. The summed E-state index contributed by atoms with van der Waals surface area (Å²) in [5.41, 5.74) is 0.454. The van der Waals surface area contributed by atoms with Gasteiger partial charge in [-0.3, -0.25) is 0 Å². The van der Waals surface area contributed by atoms with Crippen molar-refractivity contribution in [2.75, 3.05) is 33.2 Å². The van der Waals surface area contributed by atoms with Gasteiger partial charge in [0.1, 0.15) is 0 Å². The van der Waals surface area contributed by atoms with Crippen molar-refractivity contribution in [1.82, 2.24) is 10.2 Å². The molecule has 0 saturated carbocycles. The molecule has 0 amide bonds. The van der Waals surface area contributed by atoms with Gasteiger partial charge in [0.25, 0.3) is 0 Å². The lowest BCUT2D eigenvalue weighted by Gasteiger charge is -2.33. The molecule has 0 radical (unpaired) electrons. The fourth-order valence-electron chi connectivity index (χ4n) is 2.96. The molecule has 0 aromatic carbocycles. The zero-order chi connectivity index (χ0) is 12.0. The van der Waals surface area contributed by atoms with E-state index < -0.39 is 0 Å². The average molecular weight is 226 g/mol. The fourth-order valence-corrected chi connectivity index (χ4v) is 2.96. The highest BCUT2D eigenvalue weighted by atomic mass is 15.2. The number of hydrogen-bond acceptors (Lipinski definition) is 2. The number of rotatable bonds is 7. The normalized spacial score (nSPS) is 25.9. The lowest BCUT2D eigenvalue weighted by molar-refractivity contribution is 0.178. The maximum Gasteiger partial charge on any atom is 0.00475 e. The van der Waals surface area contributed by atoms with Gasteiger partial charge in [0.05, 0.1) is 0 Å². The van der Waals surface area contributed by atoms with Crippen LogP contribution < -0.4 is 5.32 Å². The van der Waals surface area contributed by atoms with Crippen LogP contribution in [0.15, 0.2) is 0 Å². The Morgan fingerprint density at radius 1 is 1.38 bits per heavy atom. The minimum absolute atomic E-state index is 0.454. The first kappa shape index (κ1) is 14.0. The first-order chi connectivity index (χ1) is 7.63. The van der Waals surface area contributed by atoms with Crippen LogP contribution in [-0.2, 0) is 0 Å². The summed E-state index contributed by atoms with van der Waals surface area (Å²) in [7, 11) is 2.07. The second kappa shape index (κ2) is 6.61. The van der Waals surface area contributed by atoms with Crippen LogP contribution >= 0.6 is 0 Å². The number of likely N-dealkylation sites (tertiary alicyclic amines) is 1. The summed E-state index contributed by atoms with van der Waals surface area (Å²) in [6, 6.07) is 0. The van der Waals surface area contributed by atoms with E-state index in [0.29, 0.717) is 5.41 Å². The molecular weight excluding hydrogens is 196 g/mol. The Balaban J connectivity index is 2.36. The molecular formula is C14H30N2. The summed E-state index contributed by atoms with van der Waals surface area (Å²) in [5.74, 6) is 0.973. The smallest absolute Gasteiger partial charge is 0.00475 e. The molecule has 1 aliphatic rings. The molecule has 1 rings (SSSR count). The zero-order valence-electron chi connectivity index (χ0n) is 11.7. The van der Waals surface area contributed by atoms with Crippen molar-refractivity contribution in [3.05, 3.63) is 0 Å². The number of hydrogen-bond donors (Lipinski definition) is 1. The minimum atomic E-state index is 0.454. The van der Waals surface area contributed by atoms with Crippen molar-refractivity contribution in [3.63, 3.8) is 0 Å². The van der Waals surface area contributed by atoms with E-state index in [9.17, 15) is 0 Å². The van der Waals surface area contributed by atoms with Gasteiger partial charge in [-0.15, -0.1) is 0 Å². The fraction of sp³-hybridized carbons (Fsp3) is 1.00. The third kappa shape index (κ3) is 4.06. The lowest BCUT2D eigenvalue weighted by atomic mass is 9.87. The van der Waals surface area contributed by atoms with Crippen LogP contribution in [0.3, 0.4) is 0 Å². The summed E-state index contributed by atoms with van der Waals surface area (Å²) in [5, 5.41) is 3.34. The Kier molecular flexibility index (Phi) is 5.77. The molecule has 1 heterocycles. The second-order valence-electron chi connectivity index (χ2n) is 5.87. The van der Waals surface area contributed by atoms with Crippen LogP contribution in [0.2, 0.25) is 0 Å². The van der Waals surface area contributed by atoms with Gasteiger partial charge < -0.3 is 10.2 Å². The highest BCUT2D eigenvalue weighted by Gasteiger charge is 2.29.